The summed E-state index contributed by atoms with van der Waals surface area (Å²) in [6.07, 6.45) is 2.64. The Morgan fingerprint density at radius 1 is 1.10 bits per heavy atom. The highest BCUT2D eigenvalue weighted by Gasteiger charge is 2.20. The van der Waals surface area contributed by atoms with E-state index in [0.29, 0.717) is 0 Å². The van der Waals surface area contributed by atoms with Gasteiger partial charge in [-0.2, -0.15) is 0 Å². The van der Waals surface area contributed by atoms with Gasteiger partial charge in [0.2, 0.25) is 0 Å². The minimum atomic E-state index is 0.735. The summed E-state index contributed by atoms with van der Waals surface area (Å²) in [4.78, 5) is 6.89. The molecule has 3 rings (SSSR count). The van der Waals surface area contributed by atoms with Gasteiger partial charge in [-0.15, -0.1) is 0 Å². The number of nitrogens with zero attached hydrogens (tertiary/aromatic N) is 2. The highest BCUT2D eigenvalue weighted by atomic mass is 15.2. The fourth-order valence-corrected chi connectivity index (χ4v) is 2.39. The highest BCUT2D eigenvalue weighted by Crippen LogP contribution is 2.24. The molecule has 0 spiro atoms. The standard InChI is InChI=1S/C18H23N3/c1-13-4-9-17(10-5-13)21(3)18-11-6-15(14(2)20-18)12-19-16-7-8-16/h4-6,9-11,16,19H,7-8,12H2,1-3H3. The molecule has 0 atom stereocenters. The number of nitrogens with one attached hydrogen (secondary N) is 1. The van der Waals surface area contributed by atoms with E-state index in [-0.39, 0.29) is 0 Å². The van der Waals surface area contributed by atoms with Crippen molar-refractivity contribution in [2.24, 2.45) is 0 Å². The second kappa shape index (κ2) is 5.86. The minimum Gasteiger partial charge on any atom is -0.329 e. The smallest absolute Gasteiger partial charge is 0.132 e. The Labute approximate surface area is 127 Å². The molecule has 3 nitrogen and oxygen atoms in total. The van der Waals surface area contributed by atoms with E-state index >= 15 is 0 Å². The minimum absolute atomic E-state index is 0.735. The van der Waals surface area contributed by atoms with Crippen LogP contribution in [0.25, 0.3) is 0 Å². The lowest BCUT2D eigenvalue weighted by atomic mass is 10.2. The zero-order valence-corrected chi connectivity index (χ0v) is 13.1. The summed E-state index contributed by atoms with van der Waals surface area (Å²) in [7, 11) is 2.06. The largest absolute Gasteiger partial charge is 0.329 e. The number of benzene rings is 1. The van der Waals surface area contributed by atoms with Gasteiger partial charge >= 0.3 is 0 Å². The number of pyridine rings is 1. The summed E-state index contributed by atoms with van der Waals surface area (Å²) in [6, 6.07) is 13.6. The summed E-state index contributed by atoms with van der Waals surface area (Å²) in [5.74, 6) is 0.992. The van der Waals surface area contributed by atoms with Crippen molar-refractivity contribution in [2.75, 3.05) is 11.9 Å². The molecular formula is C18H23N3. The van der Waals surface area contributed by atoms with Crippen molar-refractivity contribution in [1.29, 1.82) is 0 Å². The molecule has 1 aliphatic carbocycles. The summed E-state index contributed by atoms with van der Waals surface area (Å²) in [5, 5.41) is 3.55. The maximum absolute atomic E-state index is 4.76. The lowest BCUT2D eigenvalue weighted by Gasteiger charge is -2.20. The Morgan fingerprint density at radius 3 is 2.43 bits per heavy atom. The van der Waals surface area contributed by atoms with Crippen LogP contribution in [0, 0.1) is 13.8 Å². The molecule has 1 saturated carbocycles. The van der Waals surface area contributed by atoms with Gasteiger partial charge in [0.25, 0.3) is 0 Å². The first-order valence-electron chi connectivity index (χ1n) is 7.64. The van der Waals surface area contributed by atoms with Gasteiger partial charge in [0.15, 0.2) is 0 Å². The molecule has 1 fully saturated rings. The van der Waals surface area contributed by atoms with E-state index in [0.717, 1.165) is 29.8 Å². The van der Waals surface area contributed by atoms with E-state index in [1.54, 1.807) is 0 Å². The van der Waals surface area contributed by atoms with E-state index in [1.807, 2.05) is 0 Å². The molecule has 1 aromatic carbocycles. The summed E-state index contributed by atoms with van der Waals surface area (Å²) >= 11 is 0. The zero-order chi connectivity index (χ0) is 14.8. The second-order valence-corrected chi connectivity index (χ2v) is 5.96. The Morgan fingerprint density at radius 2 is 1.81 bits per heavy atom. The molecule has 110 valence electrons. The molecule has 0 unspecified atom stereocenters. The number of hydrogen-bond acceptors (Lipinski definition) is 3. The lowest BCUT2D eigenvalue weighted by Crippen LogP contribution is -2.17. The Hall–Kier alpha value is -1.87. The van der Waals surface area contributed by atoms with Crippen molar-refractivity contribution in [3.63, 3.8) is 0 Å². The van der Waals surface area contributed by atoms with Crippen LogP contribution in [-0.2, 0) is 6.54 Å². The summed E-state index contributed by atoms with van der Waals surface area (Å²) in [6.45, 7) is 5.13. The molecule has 2 aromatic rings. The Balaban J connectivity index is 1.75. The van der Waals surface area contributed by atoms with E-state index in [1.165, 1.54) is 24.0 Å². The third-order valence-electron chi connectivity index (χ3n) is 4.10. The molecule has 0 amide bonds. The van der Waals surface area contributed by atoms with Crippen LogP contribution >= 0.6 is 0 Å². The summed E-state index contributed by atoms with van der Waals surface area (Å²) in [5.41, 5.74) is 4.84. The number of aromatic nitrogens is 1. The predicted molar refractivity (Wildman–Crippen MR) is 88.1 cm³/mol. The third-order valence-corrected chi connectivity index (χ3v) is 4.10. The predicted octanol–water partition coefficient (Wildman–Crippen LogP) is 3.72. The van der Waals surface area contributed by atoms with Gasteiger partial charge in [-0.25, -0.2) is 4.98 Å². The highest BCUT2D eigenvalue weighted by molar-refractivity contribution is 5.59. The fourth-order valence-electron chi connectivity index (χ4n) is 2.39. The van der Waals surface area contributed by atoms with Crippen LogP contribution in [0.4, 0.5) is 11.5 Å². The normalized spacial score (nSPS) is 14.2. The molecule has 1 aromatic heterocycles. The number of anilines is 2. The van der Waals surface area contributed by atoms with Crippen molar-refractivity contribution >= 4 is 11.5 Å². The van der Waals surface area contributed by atoms with Crippen LogP contribution < -0.4 is 10.2 Å². The summed E-state index contributed by atoms with van der Waals surface area (Å²) < 4.78 is 0. The molecule has 0 bridgehead atoms. The van der Waals surface area contributed by atoms with Crippen LogP contribution in [-0.4, -0.2) is 18.1 Å². The monoisotopic (exact) mass is 281 g/mol. The molecule has 0 saturated heterocycles. The molecule has 0 aliphatic heterocycles. The lowest BCUT2D eigenvalue weighted by molar-refractivity contribution is 0.682. The maximum atomic E-state index is 4.76. The maximum Gasteiger partial charge on any atom is 0.132 e. The van der Waals surface area contributed by atoms with E-state index in [9.17, 15) is 0 Å². The average molecular weight is 281 g/mol. The molecule has 0 radical (unpaired) electrons. The van der Waals surface area contributed by atoms with Crippen LogP contribution in [0.2, 0.25) is 0 Å². The molecule has 1 aliphatic rings. The Bertz CT molecular complexity index is 615. The van der Waals surface area contributed by atoms with Gasteiger partial charge in [-0.05, 0) is 50.5 Å². The van der Waals surface area contributed by atoms with Gasteiger partial charge < -0.3 is 10.2 Å². The fraction of sp³-hybridized carbons (Fsp3) is 0.389. The first kappa shape index (κ1) is 14.1. The van der Waals surface area contributed by atoms with E-state index in [2.05, 4.69) is 67.5 Å². The molecule has 1 heterocycles. The van der Waals surface area contributed by atoms with Gasteiger partial charge in [0.05, 0.1) is 0 Å². The third kappa shape index (κ3) is 3.42. The van der Waals surface area contributed by atoms with Crippen LogP contribution in [0.5, 0.6) is 0 Å². The molecule has 1 N–H and O–H groups in total. The van der Waals surface area contributed by atoms with Gasteiger partial charge in [0, 0.05) is 31.0 Å². The van der Waals surface area contributed by atoms with Crippen LogP contribution in [0.1, 0.15) is 29.7 Å². The molecule has 3 heteroatoms. The first-order chi connectivity index (χ1) is 10.1. The molecular weight excluding hydrogens is 258 g/mol. The average Bonchev–Trinajstić information content (AvgIpc) is 3.30. The van der Waals surface area contributed by atoms with E-state index < -0.39 is 0 Å². The number of aryl methyl sites for hydroxylation is 2. The van der Waals surface area contributed by atoms with Crippen molar-refractivity contribution in [3.05, 3.63) is 53.2 Å². The van der Waals surface area contributed by atoms with E-state index in [4.69, 9.17) is 4.98 Å². The quantitative estimate of drug-likeness (QED) is 0.905. The number of hydrogen-bond donors (Lipinski definition) is 1. The van der Waals surface area contributed by atoms with Crippen LogP contribution in [0.15, 0.2) is 36.4 Å². The SMILES string of the molecule is Cc1ccc(N(C)c2ccc(CNC3CC3)c(C)n2)cc1. The Kier molecular flexibility index (Phi) is 3.93. The number of rotatable bonds is 5. The van der Waals surface area contributed by atoms with Gasteiger partial charge in [0.1, 0.15) is 5.82 Å². The van der Waals surface area contributed by atoms with Crippen LogP contribution in [0.3, 0.4) is 0 Å². The molecule has 21 heavy (non-hydrogen) atoms. The van der Waals surface area contributed by atoms with Gasteiger partial charge in [-0.1, -0.05) is 23.8 Å². The van der Waals surface area contributed by atoms with Crippen molar-refractivity contribution in [3.8, 4) is 0 Å². The van der Waals surface area contributed by atoms with Crippen molar-refractivity contribution in [2.45, 2.75) is 39.3 Å². The van der Waals surface area contributed by atoms with Crippen molar-refractivity contribution in [1.82, 2.24) is 10.3 Å². The first-order valence-corrected chi connectivity index (χ1v) is 7.64. The van der Waals surface area contributed by atoms with Gasteiger partial charge in [-0.3, -0.25) is 0 Å². The topological polar surface area (TPSA) is 28.2 Å². The zero-order valence-electron chi connectivity index (χ0n) is 13.1. The second-order valence-electron chi connectivity index (χ2n) is 5.96. The van der Waals surface area contributed by atoms with Crippen molar-refractivity contribution < 1.29 is 0 Å².